The molecule has 2 rings (SSSR count). The molecular formula is C15H27NO4. The fraction of sp³-hybridized carbons (Fsp3) is 0.933. The van der Waals surface area contributed by atoms with E-state index in [0.717, 1.165) is 38.7 Å². The fourth-order valence-electron chi connectivity index (χ4n) is 3.45. The molecule has 1 heterocycles. The number of hydrogen-bond donors (Lipinski definition) is 1. The molecule has 116 valence electrons. The molecular weight excluding hydrogens is 258 g/mol. The van der Waals surface area contributed by atoms with Crippen molar-refractivity contribution in [1.82, 2.24) is 5.32 Å². The van der Waals surface area contributed by atoms with Crippen molar-refractivity contribution >= 4 is 5.97 Å². The molecule has 0 aromatic rings. The van der Waals surface area contributed by atoms with Crippen LogP contribution in [0.3, 0.4) is 0 Å². The molecule has 3 atom stereocenters. The monoisotopic (exact) mass is 285 g/mol. The molecule has 0 bridgehead atoms. The first-order valence-electron chi connectivity index (χ1n) is 7.78. The molecule has 0 spiro atoms. The van der Waals surface area contributed by atoms with Gasteiger partial charge in [-0.05, 0) is 45.6 Å². The van der Waals surface area contributed by atoms with E-state index in [1.54, 1.807) is 0 Å². The van der Waals surface area contributed by atoms with Crippen LogP contribution in [0.1, 0.15) is 39.0 Å². The van der Waals surface area contributed by atoms with Crippen LogP contribution in [-0.2, 0) is 19.0 Å². The van der Waals surface area contributed by atoms with Crippen molar-refractivity contribution in [3.05, 3.63) is 0 Å². The largest absolute Gasteiger partial charge is 0.465 e. The number of ether oxygens (including phenoxy) is 3. The number of hydrogen-bond acceptors (Lipinski definition) is 5. The average molecular weight is 285 g/mol. The summed E-state index contributed by atoms with van der Waals surface area (Å²) < 4.78 is 16.4. The predicted octanol–water partition coefficient (Wildman–Crippen LogP) is 1.50. The summed E-state index contributed by atoms with van der Waals surface area (Å²) >= 11 is 0. The Morgan fingerprint density at radius 1 is 1.45 bits per heavy atom. The summed E-state index contributed by atoms with van der Waals surface area (Å²) in [6.07, 6.45) is 5.11. The highest BCUT2D eigenvalue weighted by Crippen LogP contribution is 2.38. The number of rotatable bonds is 7. The van der Waals surface area contributed by atoms with Gasteiger partial charge in [0.25, 0.3) is 0 Å². The van der Waals surface area contributed by atoms with Crippen LogP contribution < -0.4 is 5.32 Å². The number of nitrogens with one attached hydrogen (secondary N) is 1. The molecule has 3 unspecified atom stereocenters. The Morgan fingerprint density at radius 3 is 2.95 bits per heavy atom. The van der Waals surface area contributed by atoms with Gasteiger partial charge in [0.05, 0.1) is 19.3 Å². The van der Waals surface area contributed by atoms with Gasteiger partial charge in [-0.3, -0.25) is 4.79 Å². The number of carbonyl (C=O) groups excluding carboxylic acids is 1. The highest BCUT2D eigenvalue weighted by Gasteiger charge is 2.48. The maximum absolute atomic E-state index is 12.3. The van der Waals surface area contributed by atoms with Gasteiger partial charge in [0, 0.05) is 13.2 Å². The molecule has 20 heavy (non-hydrogen) atoms. The van der Waals surface area contributed by atoms with Crippen LogP contribution >= 0.6 is 0 Å². The number of carbonyl (C=O) groups is 1. The van der Waals surface area contributed by atoms with Gasteiger partial charge in [-0.15, -0.1) is 0 Å². The normalized spacial score (nSPS) is 33.5. The van der Waals surface area contributed by atoms with Crippen LogP contribution in [0.2, 0.25) is 0 Å². The molecule has 1 aliphatic heterocycles. The van der Waals surface area contributed by atoms with E-state index in [2.05, 4.69) is 5.32 Å². The van der Waals surface area contributed by atoms with Crippen molar-refractivity contribution in [2.24, 2.45) is 5.92 Å². The third-order valence-electron chi connectivity index (χ3n) is 4.61. The van der Waals surface area contributed by atoms with E-state index in [0.29, 0.717) is 25.7 Å². The standard InChI is InChI=1S/C15H27NO4/c1-3-19-14(17)15(16-2)8-4-5-12(15)6-10-20-13-7-9-18-11-13/h12-13,16H,3-11H2,1-2H3. The van der Waals surface area contributed by atoms with Crippen LogP contribution in [0, 0.1) is 5.92 Å². The Bertz CT molecular complexity index is 317. The molecule has 0 radical (unpaired) electrons. The number of esters is 1. The predicted molar refractivity (Wildman–Crippen MR) is 75.6 cm³/mol. The zero-order valence-corrected chi connectivity index (χ0v) is 12.7. The average Bonchev–Trinajstić information content (AvgIpc) is 3.09. The second-order valence-electron chi connectivity index (χ2n) is 5.68. The van der Waals surface area contributed by atoms with E-state index < -0.39 is 5.54 Å². The topological polar surface area (TPSA) is 56.8 Å². The maximum Gasteiger partial charge on any atom is 0.326 e. The fourth-order valence-corrected chi connectivity index (χ4v) is 3.45. The first kappa shape index (κ1) is 15.7. The van der Waals surface area contributed by atoms with Gasteiger partial charge in [-0.25, -0.2) is 0 Å². The molecule has 1 N–H and O–H groups in total. The lowest BCUT2D eigenvalue weighted by molar-refractivity contribution is -0.153. The molecule has 5 nitrogen and oxygen atoms in total. The molecule has 5 heteroatoms. The highest BCUT2D eigenvalue weighted by atomic mass is 16.5. The van der Waals surface area contributed by atoms with Crippen LogP contribution in [0.4, 0.5) is 0 Å². The molecule has 1 aliphatic carbocycles. The summed E-state index contributed by atoms with van der Waals surface area (Å²) in [5.41, 5.74) is -0.508. The van der Waals surface area contributed by atoms with Crippen LogP contribution in [0.15, 0.2) is 0 Å². The van der Waals surface area contributed by atoms with E-state index in [1.807, 2.05) is 14.0 Å². The summed E-state index contributed by atoms with van der Waals surface area (Å²) in [5.74, 6) is 0.197. The van der Waals surface area contributed by atoms with Gasteiger partial charge in [-0.2, -0.15) is 0 Å². The molecule has 0 aromatic carbocycles. The third kappa shape index (κ3) is 3.32. The second kappa shape index (κ2) is 7.38. The van der Waals surface area contributed by atoms with Crippen molar-refractivity contribution in [1.29, 1.82) is 0 Å². The Kier molecular flexibility index (Phi) is 5.81. The molecule has 2 aliphatic rings. The van der Waals surface area contributed by atoms with Gasteiger partial charge >= 0.3 is 5.97 Å². The van der Waals surface area contributed by atoms with Gasteiger partial charge in [0.2, 0.25) is 0 Å². The lowest BCUT2D eigenvalue weighted by Gasteiger charge is -2.33. The second-order valence-corrected chi connectivity index (χ2v) is 5.68. The van der Waals surface area contributed by atoms with Gasteiger partial charge < -0.3 is 19.5 Å². The Labute approximate surface area is 121 Å². The van der Waals surface area contributed by atoms with E-state index in [4.69, 9.17) is 14.2 Å². The maximum atomic E-state index is 12.3. The Balaban J connectivity index is 1.85. The van der Waals surface area contributed by atoms with Crippen molar-refractivity contribution in [3.8, 4) is 0 Å². The summed E-state index contributed by atoms with van der Waals surface area (Å²) in [6.45, 7) is 4.50. The highest BCUT2D eigenvalue weighted by molar-refractivity contribution is 5.81. The summed E-state index contributed by atoms with van der Waals surface area (Å²) in [7, 11) is 1.86. The molecule has 2 fully saturated rings. The van der Waals surface area contributed by atoms with E-state index >= 15 is 0 Å². The first-order chi connectivity index (χ1) is 9.73. The van der Waals surface area contributed by atoms with Gasteiger partial charge in [0.15, 0.2) is 0 Å². The SMILES string of the molecule is CCOC(=O)C1(NC)CCCC1CCOC1CCOC1. The molecule has 1 saturated carbocycles. The van der Waals surface area contributed by atoms with Crippen molar-refractivity contribution in [3.63, 3.8) is 0 Å². The Hall–Kier alpha value is -0.650. The van der Waals surface area contributed by atoms with Crippen molar-refractivity contribution in [2.75, 3.05) is 33.5 Å². The smallest absolute Gasteiger partial charge is 0.326 e. The quantitative estimate of drug-likeness (QED) is 0.718. The zero-order chi connectivity index (χ0) is 14.4. The van der Waals surface area contributed by atoms with Crippen LogP contribution in [-0.4, -0.2) is 51.1 Å². The van der Waals surface area contributed by atoms with Gasteiger partial charge in [0.1, 0.15) is 5.54 Å². The summed E-state index contributed by atoms with van der Waals surface area (Å²) in [4.78, 5) is 12.3. The first-order valence-corrected chi connectivity index (χ1v) is 7.78. The third-order valence-corrected chi connectivity index (χ3v) is 4.61. The zero-order valence-electron chi connectivity index (χ0n) is 12.7. The van der Waals surface area contributed by atoms with Crippen molar-refractivity contribution < 1.29 is 19.0 Å². The minimum absolute atomic E-state index is 0.103. The van der Waals surface area contributed by atoms with E-state index in [-0.39, 0.29) is 12.1 Å². The lowest BCUT2D eigenvalue weighted by atomic mass is 9.85. The summed E-state index contributed by atoms with van der Waals surface area (Å²) in [5, 5.41) is 3.24. The van der Waals surface area contributed by atoms with Crippen molar-refractivity contribution in [2.45, 2.75) is 50.7 Å². The van der Waals surface area contributed by atoms with Crippen LogP contribution in [0.5, 0.6) is 0 Å². The summed E-state index contributed by atoms with van der Waals surface area (Å²) in [6, 6.07) is 0. The minimum atomic E-state index is -0.508. The minimum Gasteiger partial charge on any atom is -0.465 e. The molecule has 1 saturated heterocycles. The van der Waals surface area contributed by atoms with E-state index in [1.165, 1.54) is 0 Å². The lowest BCUT2D eigenvalue weighted by Crippen LogP contribution is -2.54. The Morgan fingerprint density at radius 2 is 2.30 bits per heavy atom. The van der Waals surface area contributed by atoms with Crippen LogP contribution in [0.25, 0.3) is 0 Å². The molecule has 0 aromatic heterocycles. The number of likely N-dealkylation sites (N-methyl/N-ethyl adjacent to an activating group) is 1. The van der Waals surface area contributed by atoms with Gasteiger partial charge in [-0.1, -0.05) is 6.42 Å². The van der Waals surface area contributed by atoms with E-state index in [9.17, 15) is 4.79 Å². The molecule has 0 amide bonds.